The molecule has 2 nitrogen and oxygen atoms in total. The Bertz CT molecular complexity index is 533. The van der Waals surface area contributed by atoms with Gasteiger partial charge in [0.15, 0.2) is 0 Å². The van der Waals surface area contributed by atoms with Gasteiger partial charge in [-0.1, -0.05) is 44.6 Å². The Hall–Kier alpha value is -1.57. The minimum atomic E-state index is -0.467. The number of allylic oxidation sites excluding steroid dienone is 2. The van der Waals surface area contributed by atoms with Gasteiger partial charge in [0.2, 0.25) is 0 Å². The van der Waals surface area contributed by atoms with Gasteiger partial charge in [-0.25, -0.2) is 4.79 Å². The van der Waals surface area contributed by atoms with E-state index in [9.17, 15) is 4.79 Å². The fourth-order valence-electron chi connectivity index (χ4n) is 2.34. The van der Waals surface area contributed by atoms with Crippen LogP contribution in [-0.4, -0.2) is 11.6 Å². The summed E-state index contributed by atoms with van der Waals surface area (Å²) in [5, 5.41) is 0. The van der Waals surface area contributed by atoms with Crippen molar-refractivity contribution in [2.75, 3.05) is 0 Å². The maximum Gasteiger partial charge on any atom is 0.338 e. The van der Waals surface area contributed by atoms with Crippen molar-refractivity contribution >= 4 is 5.97 Å². The van der Waals surface area contributed by atoms with E-state index in [2.05, 4.69) is 40.7 Å². The number of esters is 1. The van der Waals surface area contributed by atoms with Crippen LogP contribution in [0.2, 0.25) is 0 Å². The van der Waals surface area contributed by atoms with E-state index in [4.69, 9.17) is 4.74 Å². The van der Waals surface area contributed by atoms with E-state index in [1.54, 1.807) is 0 Å². The number of rotatable bonds is 3. The zero-order valence-electron chi connectivity index (χ0n) is 15.3. The van der Waals surface area contributed by atoms with Crippen molar-refractivity contribution in [1.82, 2.24) is 0 Å². The number of carbonyl (C=O) groups excluding carboxylic acids is 1. The van der Waals surface area contributed by atoms with E-state index in [1.165, 1.54) is 11.1 Å². The minimum absolute atomic E-state index is 0.130. The molecule has 0 aliphatic carbocycles. The van der Waals surface area contributed by atoms with E-state index in [0.717, 1.165) is 0 Å². The van der Waals surface area contributed by atoms with Gasteiger partial charge in [-0.3, -0.25) is 0 Å². The molecule has 1 unspecified atom stereocenters. The second-order valence-electron chi connectivity index (χ2n) is 8.21. The van der Waals surface area contributed by atoms with Crippen LogP contribution in [0.5, 0.6) is 0 Å². The highest BCUT2D eigenvalue weighted by Gasteiger charge is 2.25. The zero-order valence-corrected chi connectivity index (χ0v) is 15.3. The molecule has 22 heavy (non-hydrogen) atoms. The Morgan fingerprint density at radius 2 is 1.50 bits per heavy atom. The zero-order chi connectivity index (χ0) is 17.1. The smallest absolute Gasteiger partial charge is 0.338 e. The van der Waals surface area contributed by atoms with Crippen LogP contribution in [0.4, 0.5) is 0 Å². The normalized spacial score (nSPS) is 13.5. The molecular weight excluding hydrogens is 272 g/mol. The summed E-state index contributed by atoms with van der Waals surface area (Å²) in [7, 11) is 0. The third-order valence-electron chi connectivity index (χ3n) is 3.34. The van der Waals surface area contributed by atoms with Crippen molar-refractivity contribution in [3.05, 3.63) is 47.0 Å². The van der Waals surface area contributed by atoms with E-state index in [0.29, 0.717) is 11.5 Å². The molecule has 1 atom stereocenters. The largest absolute Gasteiger partial charge is 0.456 e. The van der Waals surface area contributed by atoms with Gasteiger partial charge in [-0.15, -0.1) is 0 Å². The molecule has 0 heterocycles. The van der Waals surface area contributed by atoms with Crippen molar-refractivity contribution in [3.63, 3.8) is 0 Å². The predicted molar refractivity (Wildman–Crippen MR) is 93.2 cm³/mol. The molecule has 0 spiro atoms. The van der Waals surface area contributed by atoms with Gasteiger partial charge in [-0.05, 0) is 57.7 Å². The summed E-state index contributed by atoms with van der Waals surface area (Å²) < 4.78 is 5.41. The lowest BCUT2D eigenvalue weighted by atomic mass is 9.75. The number of ether oxygens (including phenoxy) is 1. The Morgan fingerprint density at radius 1 is 1.00 bits per heavy atom. The second-order valence-corrected chi connectivity index (χ2v) is 8.21. The molecule has 0 amide bonds. The van der Waals surface area contributed by atoms with E-state index in [-0.39, 0.29) is 11.4 Å². The van der Waals surface area contributed by atoms with E-state index >= 15 is 0 Å². The first-order valence-electron chi connectivity index (χ1n) is 7.88. The van der Waals surface area contributed by atoms with Crippen molar-refractivity contribution in [2.45, 2.75) is 66.9 Å². The number of hydrogen-bond acceptors (Lipinski definition) is 2. The van der Waals surface area contributed by atoms with Crippen LogP contribution in [0.25, 0.3) is 0 Å². The number of hydrogen-bond donors (Lipinski definition) is 0. The lowest BCUT2D eigenvalue weighted by Crippen LogP contribution is -2.24. The van der Waals surface area contributed by atoms with Crippen molar-refractivity contribution in [1.29, 1.82) is 0 Å². The van der Waals surface area contributed by atoms with Gasteiger partial charge < -0.3 is 4.74 Å². The summed E-state index contributed by atoms with van der Waals surface area (Å²) in [6.07, 6.45) is 2.29. The first kappa shape index (κ1) is 18.5. The van der Waals surface area contributed by atoms with Gasteiger partial charge in [0.1, 0.15) is 5.60 Å². The van der Waals surface area contributed by atoms with Crippen LogP contribution in [0.3, 0.4) is 0 Å². The highest BCUT2D eigenvalue weighted by molar-refractivity contribution is 5.89. The van der Waals surface area contributed by atoms with Gasteiger partial charge >= 0.3 is 5.97 Å². The van der Waals surface area contributed by atoms with Gasteiger partial charge in [0.05, 0.1) is 5.56 Å². The highest BCUT2D eigenvalue weighted by Crippen LogP contribution is 2.37. The first-order chi connectivity index (χ1) is 9.90. The van der Waals surface area contributed by atoms with E-state index < -0.39 is 5.60 Å². The third kappa shape index (κ3) is 5.67. The lowest BCUT2D eigenvalue weighted by Gasteiger charge is -2.29. The van der Waals surface area contributed by atoms with E-state index in [1.807, 2.05) is 45.0 Å². The summed E-state index contributed by atoms with van der Waals surface area (Å²) in [5.74, 6) is 0.0544. The van der Waals surface area contributed by atoms with Crippen LogP contribution >= 0.6 is 0 Å². The molecule has 1 aromatic carbocycles. The molecule has 0 fully saturated rings. The summed E-state index contributed by atoms with van der Waals surface area (Å²) in [4.78, 5) is 12.1. The molecule has 1 aromatic rings. The van der Waals surface area contributed by atoms with Crippen LogP contribution < -0.4 is 0 Å². The van der Waals surface area contributed by atoms with Crippen molar-refractivity contribution in [2.24, 2.45) is 5.41 Å². The Morgan fingerprint density at radius 3 is 1.86 bits per heavy atom. The molecule has 1 rings (SSSR count). The summed E-state index contributed by atoms with van der Waals surface area (Å²) in [6, 6.07) is 7.80. The summed E-state index contributed by atoms with van der Waals surface area (Å²) >= 11 is 0. The quantitative estimate of drug-likeness (QED) is 0.526. The van der Waals surface area contributed by atoms with Gasteiger partial charge in [0.25, 0.3) is 0 Å². The van der Waals surface area contributed by atoms with Crippen molar-refractivity contribution < 1.29 is 9.53 Å². The third-order valence-corrected chi connectivity index (χ3v) is 3.34. The molecular formula is C20H30O2. The molecule has 2 heteroatoms. The minimum Gasteiger partial charge on any atom is -0.456 e. The lowest BCUT2D eigenvalue weighted by molar-refractivity contribution is 0.00695. The SMILES string of the molecule is CC(C)=CC(c1ccc(C(=O)OC(C)(C)C)cc1)C(C)(C)C. The van der Waals surface area contributed by atoms with Gasteiger partial charge in [0, 0.05) is 5.92 Å². The number of benzene rings is 1. The maximum atomic E-state index is 12.1. The molecule has 0 saturated carbocycles. The topological polar surface area (TPSA) is 26.3 Å². The standard InChI is InChI=1S/C20H30O2/c1-14(2)13-17(19(3,4)5)15-9-11-16(12-10-15)18(21)22-20(6,7)8/h9-13,17H,1-8H3. The molecule has 0 radical (unpaired) electrons. The van der Waals surface area contributed by atoms with Crippen LogP contribution in [-0.2, 0) is 4.74 Å². The molecule has 0 saturated heterocycles. The maximum absolute atomic E-state index is 12.1. The van der Waals surface area contributed by atoms with Gasteiger partial charge in [-0.2, -0.15) is 0 Å². The Balaban J connectivity index is 3.05. The highest BCUT2D eigenvalue weighted by atomic mass is 16.6. The average Bonchev–Trinajstić information content (AvgIpc) is 2.32. The molecule has 0 aliphatic heterocycles. The second kappa shape index (κ2) is 6.68. The molecule has 0 aromatic heterocycles. The number of carbonyl (C=O) groups is 1. The molecule has 0 N–H and O–H groups in total. The molecule has 0 bridgehead atoms. The molecule has 122 valence electrons. The summed E-state index contributed by atoms with van der Waals surface area (Å²) in [6.45, 7) is 16.6. The summed E-state index contributed by atoms with van der Waals surface area (Å²) in [5.41, 5.74) is 2.79. The Kier molecular flexibility index (Phi) is 5.61. The van der Waals surface area contributed by atoms with Crippen LogP contribution in [0, 0.1) is 5.41 Å². The van der Waals surface area contributed by atoms with Crippen molar-refractivity contribution in [3.8, 4) is 0 Å². The average molecular weight is 302 g/mol. The predicted octanol–water partition coefficient (Wildman–Crippen LogP) is 5.74. The first-order valence-corrected chi connectivity index (χ1v) is 7.88. The fourth-order valence-corrected chi connectivity index (χ4v) is 2.34. The van der Waals surface area contributed by atoms with Crippen LogP contribution in [0.1, 0.15) is 77.2 Å². The fraction of sp³-hybridized carbons (Fsp3) is 0.550. The Labute approximate surface area is 135 Å². The molecule has 0 aliphatic rings. The van der Waals surface area contributed by atoms with Crippen LogP contribution in [0.15, 0.2) is 35.9 Å². The monoisotopic (exact) mass is 302 g/mol.